The fourth-order valence-corrected chi connectivity index (χ4v) is 5.79. The lowest BCUT2D eigenvalue weighted by molar-refractivity contribution is -0.645. The van der Waals surface area contributed by atoms with Crippen molar-refractivity contribution < 1.29 is 4.57 Å². The van der Waals surface area contributed by atoms with Crippen molar-refractivity contribution in [3.63, 3.8) is 0 Å². The maximum atomic E-state index is 2.58. The summed E-state index contributed by atoms with van der Waals surface area (Å²) in [5, 5.41) is 2.79. The van der Waals surface area contributed by atoms with Crippen molar-refractivity contribution in [3.05, 3.63) is 59.8 Å². The molecule has 0 radical (unpaired) electrons. The van der Waals surface area contributed by atoms with Crippen molar-refractivity contribution in [1.82, 2.24) is 4.40 Å². The van der Waals surface area contributed by atoms with E-state index in [1.165, 1.54) is 64.3 Å². The number of hydrogen-bond acceptors (Lipinski definition) is 0. The Hall–Kier alpha value is -2.35. The number of aryl methyl sites for hydroxylation is 1. The molecule has 2 nitrogen and oxygen atoms in total. The zero-order valence-corrected chi connectivity index (χ0v) is 22.7. The molecule has 34 heavy (non-hydrogen) atoms. The second kappa shape index (κ2) is 9.72. The summed E-state index contributed by atoms with van der Waals surface area (Å²) in [6, 6.07) is 16.5. The largest absolute Gasteiger partial charge is 0.295 e. The van der Waals surface area contributed by atoms with Crippen LogP contribution in [0.5, 0.6) is 0 Å². The molecule has 0 atom stereocenters. The number of hydrogen-bond donors (Lipinski definition) is 0. The summed E-state index contributed by atoms with van der Waals surface area (Å²) in [4.78, 5) is 0. The van der Waals surface area contributed by atoms with Crippen LogP contribution in [0, 0.1) is 0 Å². The van der Waals surface area contributed by atoms with Crippen LogP contribution < -0.4 is 4.57 Å². The molecule has 4 aromatic rings. The van der Waals surface area contributed by atoms with E-state index in [2.05, 4.69) is 106 Å². The third-order valence-corrected chi connectivity index (χ3v) is 8.58. The second-order valence-corrected chi connectivity index (χ2v) is 11.2. The molecule has 0 N–H and O–H groups in total. The minimum atomic E-state index is 0.175. The van der Waals surface area contributed by atoms with E-state index in [9.17, 15) is 0 Å². The average Bonchev–Trinajstić information content (AvgIpc) is 3.16. The lowest BCUT2D eigenvalue weighted by Crippen LogP contribution is -2.34. The van der Waals surface area contributed by atoms with Crippen LogP contribution in [0.4, 0.5) is 0 Å². The second-order valence-electron chi connectivity index (χ2n) is 11.2. The van der Waals surface area contributed by atoms with E-state index in [1.807, 2.05) is 0 Å². The molecule has 2 heteroatoms. The highest BCUT2D eigenvalue weighted by molar-refractivity contribution is 5.98. The van der Waals surface area contributed by atoms with E-state index < -0.39 is 0 Å². The maximum absolute atomic E-state index is 2.58. The van der Waals surface area contributed by atoms with Gasteiger partial charge in [0.25, 0.3) is 5.65 Å². The minimum Gasteiger partial charge on any atom is -0.223 e. The molecule has 0 unspecified atom stereocenters. The van der Waals surface area contributed by atoms with E-state index in [0.717, 1.165) is 25.8 Å². The Kier molecular flexibility index (Phi) is 7.08. The highest BCUT2D eigenvalue weighted by Crippen LogP contribution is 2.38. The molecule has 2 heterocycles. The van der Waals surface area contributed by atoms with Crippen LogP contribution in [-0.2, 0) is 17.4 Å². The van der Waals surface area contributed by atoms with Crippen LogP contribution in [0.25, 0.3) is 27.5 Å². The van der Waals surface area contributed by atoms with Crippen molar-refractivity contribution in [1.29, 1.82) is 0 Å². The summed E-state index contributed by atoms with van der Waals surface area (Å²) in [6.07, 6.45) is 10.9. The van der Waals surface area contributed by atoms with Gasteiger partial charge < -0.3 is 0 Å². The lowest BCUT2D eigenvalue weighted by atomic mass is 9.76. The van der Waals surface area contributed by atoms with Crippen molar-refractivity contribution in [2.75, 3.05) is 0 Å². The molecule has 0 amide bonds. The Balaban J connectivity index is 2.04. The highest BCUT2D eigenvalue weighted by Gasteiger charge is 2.30. The van der Waals surface area contributed by atoms with Crippen molar-refractivity contribution in [2.45, 2.75) is 111 Å². The number of pyridine rings is 1. The van der Waals surface area contributed by atoms with Crippen molar-refractivity contribution in [2.24, 2.45) is 0 Å². The standard InChI is InChI=1S/C32H45N2/c1-8-12-13-20-31(5,6)25-17-18-27-28(23-25)34-22-19-24-15-14-16-26(32(7,10-3)11-4)29(24)30(34)33(27)21-9-2/h14-19,22-23H,8-13,20-21H2,1-7H3/q+1. The van der Waals surface area contributed by atoms with Crippen LogP contribution in [0.2, 0.25) is 0 Å². The van der Waals surface area contributed by atoms with E-state index >= 15 is 0 Å². The maximum Gasteiger partial charge on any atom is 0.295 e. The fraction of sp³-hybridized carbons (Fsp3) is 0.531. The third kappa shape index (κ3) is 4.14. The predicted molar refractivity (Wildman–Crippen MR) is 148 cm³/mol. The van der Waals surface area contributed by atoms with Crippen molar-refractivity contribution in [3.8, 4) is 0 Å². The fourth-order valence-electron chi connectivity index (χ4n) is 5.79. The van der Waals surface area contributed by atoms with E-state index in [-0.39, 0.29) is 10.8 Å². The number of unbranched alkanes of at least 4 members (excludes halogenated alkanes) is 2. The van der Waals surface area contributed by atoms with Gasteiger partial charge in [-0.3, -0.25) is 0 Å². The van der Waals surface area contributed by atoms with E-state index in [4.69, 9.17) is 0 Å². The SMILES string of the molecule is CCCCCC(C)(C)c1ccc2c(c1)n1ccc3cccc(C(C)(CC)CC)c3c1[n+]2CCC. The zero-order valence-electron chi connectivity index (χ0n) is 22.7. The predicted octanol–water partition coefficient (Wildman–Crippen LogP) is 8.88. The first-order valence-corrected chi connectivity index (χ1v) is 13.7. The van der Waals surface area contributed by atoms with Gasteiger partial charge >= 0.3 is 0 Å². The minimum absolute atomic E-state index is 0.175. The Morgan fingerprint density at radius 1 is 0.853 bits per heavy atom. The smallest absolute Gasteiger partial charge is 0.223 e. The van der Waals surface area contributed by atoms with Gasteiger partial charge in [-0.25, -0.2) is 4.57 Å². The Labute approximate surface area is 207 Å². The van der Waals surface area contributed by atoms with Gasteiger partial charge in [-0.05, 0) is 71.2 Å². The van der Waals surface area contributed by atoms with Gasteiger partial charge in [0.1, 0.15) is 0 Å². The first-order valence-electron chi connectivity index (χ1n) is 13.7. The Morgan fingerprint density at radius 3 is 2.29 bits per heavy atom. The summed E-state index contributed by atoms with van der Waals surface area (Å²) in [5.41, 5.74) is 7.37. The highest BCUT2D eigenvalue weighted by atomic mass is 15.1. The Bertz CT molecular complexity index is 1290. The molecule has 2 aromatic heterocycles. The van der Waals surface area contributed by atoms with Crippen LogP contribution >= 0.6 is 0 Å². The van der Waals surface area contributed by atoms with Gasteiger partial charge in [-0.15, -0.1) is 0 Å². The molecule has 0 saturated carbocycles. The molecule has 0 aliphatic carbocycles. The summed E-state index contributed by atoms with van der Waals surface area (Å²) in [7, 11) is 0. The molecule has 2 aromatic carbocycles. The topological polar surface area (TPSA) is 8.29 Å². The molecule has 0 aliphatic heterocycles. The van der Waals surface area contributed by atoms with Gasteiger partial charge in [0.2, 0.25) is 0 Å². The summed E-state index contributed by atoms with van der Waals surface area (Å²) < 4.78 is 5.06. The molecule has 0 saturated heterocycles. The monoisotopic (exact) mass is 457 g/mol. The quantitative estimate of drug-likeness (QED) is 0.166. The van der Waals surface area contributed by atoms with Crippen LogP contribution in [-0.4, -0.2) is 4.40 Å². The summed E-state index contributed by atoms with van der Waals surface area (Å²) in [6.45, 7) is 17.6. The number of aromatic nitrogens is 2. The number of imidazole rings is 1. The summed E-state index contributed by atoms with van der Waals surface area (Å²) >= 11 is 0. The van der Waals surface area contributed by atoms with Gasteiger partial charge in [-0.2, -0.15) is 4.40 Å². The molecule has 182 valence electrons. The van der Waals surface area contributed by atoms with Crippen molar-refractivity contribution >= 4 is 27.5 Å². The molecule has 0 spiro atoms. The normalized spacial score (nSPS) is 12.9. The third-order valence-electron chi connectivity index (χ3n) is 8.58. The molecular formula is C32H45N2+. The van der Waals surface area contributed by atoms with Crippen LogP contribution in [0.15, 0.2) is 48.7 Å². The van der Waals surface area contributed by atoms with Gasteiger partial charge in [0.15, 0.2) is 11.0 Å². The van der Waals surface area contributed by atoms with Gasteiger partial charge in [0, 0.05) is 0 Å². The first-order chi connectivity index (χ1) is 16.3. The molecule has 0 bridgehead atoms. The number of benzene rings is 2. The zero-order chi connectivity index (χ0) is 24.5. The van der Waals surface area contributed by atoms with E-state index in [1.54, 1.807) is 0 Å². The summed E-state index contributed by atoms with van der Waals surface area (Å²) in [5.74, 6) is 0. The average molecular weight is 458 g/mol. The number of rotatable bonds is 10. The first kappa shape index (κ1) is 24.8. The van der Waals surface area contributed by atoms with Gasteiger partial charge in [-0.1, -0.05) is 92.0 Å². The van der Waals surface area contributed by atoms with Gasteiger partial charge in [0.05, 0.1) is 18.1 Å². The molecule has 0 fully saturated rings. The molecule has 4 rings (SSSR count). The molecule has 0 aliphatic rings. The number of fused-ring (bicyclic) bond motifs is 5. The molecular weight excluding hydrogens is 412 g/mol. The van der Waals surface area contributed by atoms with Crippen LogP contribution in [0.3, 0.4) is 0 Å². The Morgan fingerprint density at radius 2 is 1.62 bits per heavy atom. The lowest BCUT2D eigenvalue weighted by Gasteiger charge is -2.28. The van der Waals surface area contributed by atoms with E-state index in [0.29, 0.717) is 0 Å². The van der Waals surface area contributed by atoms with Crippen LogP contribution in [0.1, 0.15) is 105 Å². The number of nitrogens with zero attached hydrogens (tertiary/aromatic N) is 2.